The third kappa shape index (κ3) is 3.36. The average molecular weight is 339 g/mol. The second-order valence-corrected chi connectivity index (χ2v) is 6.61. The Balaban J connectivity index is 1.47. The van der Waals surface area contributed by atoms with Crippen molar-refractivity contribution in [1.29, 1.82) is 0 Å². The van der Waals surface area contributed by atoms with Crippen molar-refractivity contribution < 1.29 is 9.66 Å². The monoisotopic (exact) mass is 339 g/mol. The summed E-state index contributed by atoms with van der Waals surface area (Å²) < 4.78 is 5.99. The van der Waals surface area contributed by atoms with Crippen LogP contribution in [0.15, 0.2) is 54.6 Å². The van der Waals surface area contributed by atoms with Gasteiger partial charge in [0.15, 0.2) is 0 Å². The fourth-order valence-electron chi connectivity index (χ4n) is 3.77. The fourth-order valence-corrected chi connectivity index (χ4v) is 3.77. The van der Waals surface area contributed by atoms with E-state index >= 15 is 0 Å². The van der Waals surface area contributed by atoms with Crippen LogP contribution >= 0.6 is 0 Å². The van der Waals surface area contributed by atoms with Crippen LogP contribution in [0.3, 0.4) is 0 Å². The molecule has 0 amide bonds. The number of ether oxygens (including phenoxy) is 1. The van der Waals surface area contributed by atoms with Crippen molar-refractivity contribution in [3.63, 3.8) is 0 Å². The molecule has 25 heavy (non-hydrogen) atoms. The van der Waals surface area contributed by atoms with Crippen molar-refractivity contribution >= 4 is 11.4 Å². The topological polar surface area (TPSA) is 58.9 Å². The summed E-state index contributed by atoms with van der Waals surface area (Å²) in [6.45, 7) is 4.33. The summed E-state index contributed by atoms with van der Waals surface area (Å²) in [7, 11) is 0. The molecular formula is C19H21N3O3. The van der Waals surface area contributed by atoms with E-state index in [9.17, 15) is 10.1 Å². The molecule has 0 N–H and O–H groups in total. The highest BCUT2D eigenvalue weighted by Crippen LogP contribution is 2.29. The normalized spacial score (nSPS) is 23.4. The molecule has 0 bridgehead atoms. The molecule has 6 heteroatoms. The Labute approximate surface area is 146 Å². The highest BCUT2D eigenvalue weighted by atomic mass is 16.6. The molecule has 2 heterocycles. The second-order valence-electron chi connectivity index (χ2n) is 6.61. The fraction of sp³-hybridized carbons (Fsp3) is 0.368. The van der Waals surface area contributed by atoms with Crippen molar-refractivity contribution in [2.45, 2.75) is 18.7 Å². The van der Waals surface area contributed by atoms with Crippen LogP contribution in [-0.4, -0.2) is 48.2 Å². The van der Waals surface area contributed by atoms with Gasteiger partial charge in [0, 0.05) is 44.0 Å². The summed E-state index contributed by atoms with van der Waals surface area (Å²) in [4.78, 5) is 15.2. The smallest absolute Gasteiger partial charge is 0.269 e. The van der Waals surface area contributed by atoms with Gasteiger partial charge in [-0.15, -0.1) is 0 Å². The van der Waals surface area contributed by atoms with Gasteiger partial charge in [-0.25, -0.2) is 0 Å². The maximum Gasteiger partial charge on any atom is 0.269 e. The Morgan fingerprint density at radius 1 is 1.08 bits per heavy atom. The van der Waals surface area contributed by atoms with Crippen LogP contribution in [0.25, 0.3) is 0 Å². The molecule has 0 saturated carbocycles. The number of nitro groups is 1. The van der Waals surface area contributed by atoms with E-state index < -0.39 is 0 Å². The van der Waals surface area contributed by atoms with Crippen LogP contribution in [0.5, 0.6) is 0 Å². The SMILES string of the molecule is O=[N+]([O-])c1ccc(N2CC3OCCN(Cc4ccccc4)C3C2)cc1. The van der Waals surface area contributed by atoms with Gasteiger partial charge in [0.1, 0.15) is 0 Å². The van der Waals surface area contributed by atoms with Gasteiger partial charge in [-0.3, -0.25) is 15.0 Å². The van der Waals surface area contributed by atoms with E-state index in [1.54, 1.807) is 12.1 Å². The van der Waals surface area contributed by atoms with Crippen LogP contribution in [0, 0.1) is 10.1 Å². The molecule has 0 spiro atoms. The van der Waals surface area contributed by atoms with Crippen LogP contribution in [0.2, 0.25) is 0 Å². The van der Waals surface area contributed by atoms with Gasteiger partial charge in [-0.1, -0.05) is 30.3 Å². The van der Waals surface area contributed by atoms with E-state index in [1.165, 1.54) is 5.56 Å². The van der Waals surface area contributed by atoms with E-state index in [-0.39, 0.29) is 16.7 Å². The van der Waals surface area contributed by atoms with Crippen molar-refractivity contribution in [3.05, 3.63) is 70.3 Å². The lowest BCUT2D eigenvalue weighted by molar-refractivity contribution is -0.384. The summed E-state index contributed by atoms with van der Waals surface area (Å²) in [6.07, 6.45) is 0.188. The van der Waals surface area contributed by atoms with Gasteiger partial charge < -0.3 is 9.64 Å². The highest BCUT2D eigenvalue weighted by molar-refractivity contribution is 5.52. The molecule has 2 fully saturated rings. The Hall–Kier alpha value is -2.44. The first-order chi connectivity index (χ1) is 12.2. The van der Waals surface area contributed by atoms with Gasteiger partial charge in [0.2, 0.25) is 0 Å². The number of nitro benzene ring substituents is 1. The molecule has 130 valence electrons. The van der Waals surface area contributed by atoms with Gasteiger partial charge in [0.05, 0.1) is 23.7 Å². The second kappa shape index (κ2) is 6.82. The maximum absolute atomic E-state index is 10.8. The van der Waals surface area contributed by atoms with E-state index in [1.807, 2.05) is 18.2 Å². The Kier molecular flexibility index (Phi) is 4.38. The summed E-state index contributed by atoms with van der Waals surface area (Å²) >= 11 is 0. The van der Waals surface area contributed by atoms with E-state index in [4.69, 9.17) is 4.74 Å². The molecule has 2 atom stereocenters. The predicted octanol–water partition coefficient (Wildman–Crippen LogP) is 2.68. The van der Waals surface area contributed by atoms with Gasteiger partial charge in [-0.2, -0.15) is 0 Å². The maximum atomic E-state index is 10.8. The zero-order valence-electron chi connectivity index (χ0n) is 14.0. The lowest BCUT2D eigenvalue weighted by Gasteiger charge is -2.36. The number of benzene rings is 2. The van der Waals surface area contributed by atoms with Crippen LogP contribution in [0.4, 0.5) is 11.4 Å². The van der Waals surface area contributed by atoms with E-state index in [2.05, 4.69) is 34.1 Å². The first-order valence-electron chi connectivity index (χ1n) is 8.60. The quantitative estimate of drug-likeness (QED) is 0.633. The van der Waals surface area contributed by atoms with Gasteiger partial charge >= 0.3 is 0 Å². The molecule has 0 aromatic heterocycles. The Bertz CT molecular complexity index is 735. The van der Waals surface area contributed by atoms with Crippen LogP contribution < -0.4 is 4.90 Å². The van der Waals surface area contributed by atoms with Crippen LogP contribution in [0.1, 0.15) is 5.56 Å². The largest absolute Gasteiger partial charge is 0.373 e. The summed E-state index contributed by atoms with van der Waals surface area (Å²) in [5, 5.41) is 10.8. The summed E-state index contributed by atoms with van der Waals surface area (Å²) in [6, 6.07) is 17.7. The van der Waals surface area contributed by atoms with Gasteiger partial charge in [-0.05, 0) is 17.7 Å². The number of non-ortho nitro benzene ring substituents is 1. The van der Waals surface area contributed by atoms with Crippen molar-refractivity contribution in [1.82, 2.24) is 4.90 Å². The van der Waals surface area contributed by atoms with Gasteiger partial charge in [0.25, 0.3) is 5.69 Å². The molecule has 2 aliphatic rings. The standard InChI is InChI=1S/C19H21N3O3/c23-22(24)17-8-6-16(7-9-17)21-13-18-19(14-21)25-11-10-20(18)12-15-4-2-1-3-5-15/h1-9,18-19H,10-14H2. The van der Waals surface area contributed by atoms with Crippen LogP contribution in [-0.2, 0) is 11.3 Å². The van der Waals surface area contributed by atoms with Crippen molar-refractivity contribution in [2.75, 3.05) is 31.1 Å². The van der Waals surface area contributed by atoms with E-state index in [0.717, 1.165) is 38.5 Å². The third-order valence-electron chi connectivity index (χ3n) is 5.07. The molecule has 2 aliphatic heterocycles. The zero-order chi connectivity index (χ0) is 17.2. The number of hydrogen-bond acceptors (Lipinski definition) is 5. The first kappa shape index (κ1) is 16.1. The summed E-state index contributed by atoms with van der Waals surface area (Å²) in [5.74, 6) is 0. The molecule has 0 aliphatic carbocycles. The number of rotatable bonds is 4. The van der Waals surface area contributed by atoms with Crippen molar-refractivity contribution in [3.8, 4) is 0 Å². The summed E-state index contributed by atoms with van der Waals surface area (Å²) in [5.41, 5.74) is 2.46. The minimum atomic E-state index is -0.363. The zero-order valence-corrected chi connectivity index (χ0v) is 14.0. The molecule has 2 aromatic rings. The molecular weight excluding hydrogens is 318 g/mol. The predicted molar refractivity (Wildman–Crippen MR) is 95.7 cm³/mol. The Morgan fingerprint density at radius 2 is 1.84 bits per heavy atom. The minimum absolute atomic E-state index is 0.127. The van der Waals surface area contributed by atoms with Crippen molar-refractivity contribution in [2.24, 2.45) is 0 Å². The number of fused-ring (bicyclic) bond motifs is 1. The number of anilines is 1. The molecule has 2 saturated heterocycles. The third-order valence-corrected chi connectivity index (χ3v) is 5.07. The lowest BCUT2D eigenvalue weighted by Crippen LogP contribution is -2.50. The molecule has 4 rings (SSSR count). The number of morpholine rings is 1. The number of nitrogens with zero attached hydrogens (tertiary/aromatic N) is 3. The minimum Gasteiger partial charge on any atom is -0.373 e. The highest BCUT2D eigenvalue weighted by Gasteiger charge is 2.40. The first-order valence-corrected chi connectivity index (χ1v) is 8.60. The Morgan fingerprint density at radius 3 is 2.56 bits per heavy atom. The number of hydrogen-bond donors (Lipinski definition) is 0. The van der Waals surface area contributed by atoms with E-state index in [0.29, 0.717) is 6.04 Å². The molecule has 2 unspecified atom stereocenters. The molecule has 6 nitrogen and oxygen atoms in total. The molecule has 2 aromatic carbocycles. The lowest BCUT2D eigenvalue weighted by atomic mass is 10.1. The molecule has 0 radical (unpaired) electrons. The average Bonchev–Trinajstić information content (AvgIpc) is 3.08.